The summed E-state index contributed by atoms with van der Waals surface area (Å²) in [6, 6.07) is 3.32. The van der Waals surface area contributed by atoms with E-state index in [1.54, 1.807) is 29.8 Å². The van der Waals surface area contributed by atoms with Crippen molar-refractivity contribution in [1.82, 2.24) is 9.55 Å². The maximum atomic E-state index is 13.5. The lowest BCUT2D eigenvalue weighted by Gasteiger charge is -2.25. The maximum absolute atomic E-state index is 13.5. The van der Waals surface area contributed by atoms with Crippen LogP contribution in [0.2, 0.25) is 0 Å². The van der Waals surface area contributed by atoms with Gasteiger partial charge in [0, 0.05) is 18.2 Å². The fraction of sp³-hybridized carbons (Fsp3) is 0.545. The van der Waals surface area contributed by atoms with Crippen LogP contribution in [0.3, 0.4) is 0 Å². The molecule has 3 heterocycles. The van der Waals surface area contributed by atoms with Crippen LogP contribution in [0.25, 0.3) is 0 Å². The molecule has 0 bridgehead atoms. The van der Waals surface area contributed by atoms with Crippen LogP contribution in [-0.2, 0) is 21.0 Å². The first-order valence-electron chi connectivity index (χ1n) is 10.5. The second-order valence-electron chi connectivity index (χ2n) is 9.99. The highest BCUT2D eigenvalue weighted by atomic mass is 31.2. The molecule has 0 aliphatic carbocycles. The van der Waals surface area contributed by atoms with E-state index in [1.807, 2.05) is 20.8 Å². The first kappa shape index (κ1) is 23.4. The minimum absolute atomic E-state index is 0.0375. The molecule has 0 amide bonds. The van der Waals surface area contributed by atoms with Crippen molar-refractivity contribution >= 4 is 24.5 Å². The Morgan fingerprint density at radius 1 is 1.19 bits per heavy atom. The smallest absolute Gasteiger partial charge is 0.350 e. The van der Waals surface area contributed by atoms with Crippen molar-refractivity contribution in [2.45, 2.75) is 66.8 Å². The van der Waals surface area contributed by atoms with Crippen molar-refractivity contribution in [2.75, 3.05) is 11.9 Å². The lowest BCUT2D eigenvalue weighted by atomic mass is 9.89. The summed E-state index contributed by atoms with van der Waals surface area (Å²) in [6.07, 6.45) is 2.36. The van der Waals surface area contributed by atoms with Crippen LogP contribution < -0.4 is 10.6 Å². The molecule has 3 N–H and O–H groups in total. The average molecular weight is 449 g/mol. The number of rotatable bonds is 5. The van der Waals surface area contributed by atoms with E-state index in [1.165, 1.54) is 0 Å². The standard InChI is InChI=1S/C22H33N4O4P/c1-8-30-31(29)14-10-9-12-23-18(14)24-19(25-31)15-16(27)17(22(5,6)7)26(20(15)28)13-11-21(2,3)4/h9-10,12,27-28H,8,11,13H2,1-7H3,(H,23,24,25,29). The normalized spacial score (nSPS) is 19.0. The molecule has 1 atom stereocenters. The fourth-order valence-corrected chi connectivity index (χ4v) is 5.39. The van der Waals surface area contributed by atoms with E-state index in [0.717, 1.165) is 6.42 Å². The van der Waals surface area contributed by atoms with Crippen LogP contribution in [0.5, 0.6) is 11.6 Å². The monoisotopic (exact) mass is 448 g/mol. The lowest BCUT2D eigenvalue weighted by molar-refractivity contribution is 0.319. The van der Waals surface area contributed by atoms with E-state index in [2.05, 4.69) is 35.8 Å². The van der Waals surface area contributed by atoms with Gasteiger partial charge >= 0.3 is 7.52 Å². The third-order valence-corrected chi connectivity index (χ3v) is 7.15. The SMILES string of the molecule is CCOP1(=O)N=C(c2c(O)c(C(C)(C)C)n(CCC(C)(C)C)c2O)Nc2ncccc21. The summed E-state index contributed by atoms with van der Waals surface area (Å²) in [4.78, 5) is 4.26. The van der Waals surface area contributed by atoms with Gasteiger partial charge in [-0.15, -0.1) is 0 Å². The zero-order valence-electron chi connectivity index (χ0n) is 19.4. The minimum atomic E-state index is -3.62. The summed E-state index contributed by atoms with van der Waals surface area (Å²) >= 11 is 0. The molecular formula is C22H33N4O4P. The van der Waals surface area contributed by atoms with Gasteiger partial charge in [0.2, 0.25) is 5.88 Å². The predicted octanol–water partition coefficient (Wildman–Crippen LogP) is 4.76. The number of nitrogens with one attached hydrogen (secondary N) is 1. The zero-order valence-corrected chi connectivity index (χ0v) is 20.2. The Kier molecular flexibility index (Phi) is 6.02. The van der Waals surface area contributed by atoms with Gasteiger partial charge in [-0.2, -0.15) is 4.76 Å². The maximum Gasteiger partial charge on any atom is 0.350 e. The van der Waals surface area contributed by atoms with Gasteiger partial charge in [0.25, 0.3) is 0 Å². The van der Waals surface area contributed by atoms with Crippen molar-refractivity contribution in [3.8, 4) is 11.6 Å². The number of amidine groups is 1. The molecule has 1 unspecified atom stereocenters. The summed E-state index contributed by atoms with van der Waals surface area (Å²) in [5.41, 5.74) is 0.282. The van der Waals surface area contributed by atoms with Crippen molar-refractivity contribution in [1.29, 1.82) is 0 Å². The van der Waals surface area contributed by atoms with Crippen LogP contribution in [0.4, 0.5) is 5.82 Å². The molecule has 8 nitrogen and oxygen atoms in total. The summed E-state index contributed by atoms with van der Waals surface area (Å²) in [6.45, 7) is 14.7. The highest BCUT2D eigenvalue weighted by molar-refractivity contribution is 7.66. The van der Waals surface area contributed by atoms with Gasteiger partial charge in [0.1, 0.15) is 16.7 Å². The molecule has 0 saturated heterocycles. The van der Waals surface area contributed by atoms with Gasteiger partial charge in [0.05, 0.1) is 12.3 Å². The van der Waals surface area contributed by atoms with Crippen molar-refractivity contribution in [3.63, 3.8) is 0 Å². The molecule has 170 valence electrons. The first-order chi connectivity index (χ1) is 14.3. The van der Waals surface area contributed by atoms with Crippen molar-refractivity contribution in [2.24, 2.45) is 10.2 Å². The molecule has 31 heavy (non-hydrogen) atoms. The largest absolute Gasteiger partial charge is 0.505 e. The molecular weight excluding hydrogens is 415 g/mol. The molecule has 0 aromatic carbocycles. The van der Waals surface area contributed by atoms with Crippen molar-refractivity contribution < 1.29 is 19.3 Å². The third kappa shape index (κ3) is 4.51. The quantitative estimate of drug-likeness (QED) is 0.570. The summed E-state index contributed by atoms with van der Waals surface area (Å²) in [5.74, 6) is 0.203. The van der Waals surface area contributed by atoms with Crippen LogP contribution >= 0.6 is 7.52 Å². The molecule has 0 radical (unpaired) electrons. The Hall–Kier alpha value is -2.31. The molecule has 2 aromatic rings. The van der Waals surface area contributed by atoms with E-state index in [0.29, 0.717) is 23.4 Å². The van der Waals surface area contributed by atoms with Gasteiger partial charge in [-0.1, -0.05) is 41.5 Å². The molecule has 2 aromatic heterocycles. The number of aromatic hydroxyl groups is 2. The number of nitrogens with zero attached hydrogens (tertiary/aromatic N) is 3. The Morgan fingerprint density at radius 3 is 2.45 bits per heavy atom. The first-order valence-corrected chi connectivity index (χ1v) is 12.1. The number of fused-ring (bicyclic) bond motifs is 1. The molecule has 1 aliphatic heterocycles. The number of hydrogen-bond acceptors (Lipinski definition) is 6. The summed E-state index contributed by atoms with van der Waals surface area (Å²) in [7, 11) is -3.62. The number of aromatic nitrogens is 2. The minimum Gasteiger partial charge on any atom is -0.505 e. The highest BCUT2D eigenvalue weighted by Gasteiger charge is 2.39. The highest BCUT2D eigenvalue weighted by Crippen LogP contribution is 2.53. The second-order valence-corrected chi connectivity index (χ2v) is 12.0. The van der Waals surface area contributed by atoms with Gasteiger partial charge in [-0.25, -0.2) is 4.98 Å². The Labute approximate surface area is 183 Å². The number of hydrogen-bond donors (Lipinski definition) is 3. The average Bonchev–Trinajstić information content (AvgIpc) is 2.89. The zero-order chi connectivity index (χ0) is 23.2. The van der Waals surface area contributed by atoms with Crippen LogP contribution in [-0.4, -0.2) is 32.2 Å². The predicted molar refractivity (Wildman–Crippen MR) is 124 cm³/mol. The molecule has 0 spiro atoms. The van der Waals surface area contributed by atoms with Gasteiger partial charge < -0.3 is 24.6 Å². The van der Waals surface area contributed by atoms with Crippen molar-refractivity contribution in [3.05, 3.63) is 29.6 Å². The lowest BCUT2D eigenvalue weighted by Crippen LogP contribution is -2.26. The van der Waals surface area contributed by atoms with Gasteiger partial charge in [-0.05, 0) is 30.9 Å². The topological polar surface area (TPSA) is 109 Å². The number of anilines is 1. The Balaban J connectivity index is 2.20. The van der Waals surface area contributed by atoms with Gasteiger partial charge in [0.15, 0.2) is 11.6 Å². The molecule has 3 rings (SSSR count). The van der Waals surface area contributed by atoms with Crippen LogP contribution in [0.1, 0.15) is 66.1 Å². The molecule has 0 fully saturated rings. The van der Waals surface area contributed by atoms with E-state index < -0.39 is 12.9 Å². The summed E-state index contributed by atoms with van der Waals surface area (Å²) < 4.78 is 25.2. The fourth-order valence-electron chi connectivity index (χ4n) is 3.67. The molecule has 0 saturated carbocycles. The molecule has 1 aliphatic rings. The Morgan fingerprint density at radius 2 is 1.87 bits per heavy atom. The van der Waals surface area contributed by atoms with Gasteiger partial charge in [-0.3, -0.25) is 4.57 Å². The van der Waals surface area contributed by atoms with E-state index in [9.17, 15) is 14.8 Å². The third-order valence-electron chi connectivity index (χ3n) is 5.11. The second kappa shape index (κ2) is 7.99. The van der Waals surface area contributed by atoms with E-state index in [4.69, 9.17) is 4.52 Å². The van der Waals surface area contributed by atoms with Crippen LogP contribution in [0, 0.1) is 5.41 Å². The summed E-state index contributed by atoms with van der Waals surface area (Å²) in [5, 5.41) is 25.8. The Bertz CT molecular complexity index is 1060. The molecule has 9 heteroatoms. The van der Waals surface area contributed by atoms with E-state index >= 15 is 0 Å². The van der Waals surface area contributed by atoms with Crippen LogP contribution in [0.15, 0.2) is 23.1 Å². The van der Waals surface area contributed by atoms with E-state index in [-0.39, 0.29) is 35.1 Å². The number of pyridine rings is 1.